The average molecular weight is 172 g/mol. The molecule has 0 atom stereocenters. The van der Waals surface area contributed by atoms with Crippen molar-refractivity contribution in [2.75, 3.05) is 0 Å². The van der Waals surface area contributed by atoms with Crippen LogP contribution >= 0.6 is 11.3 Å². The predicted octanol–water partition coefficient (Wildman–Crippen LogP) is 3.23. The molecule has 58 valence electrons. The minimum atomic E-state index is 1.14. The van der Waals surface area contributed by atoms with Gasteiger partial charge in [-0.2, -0.15) is 0 Å². The molecule has 0 spiro atoms. The highest BCUT2D eigenvalue weighted by atomic mass is 32.1. The lowest BCUT2D eigenvalue weighted by molar-refractivity contribution is 1.50. The lowest BCUT2D eigenvalue weighted by Gasteiger charge is -1.94. The van der Waals surface area contributed by atoms with Crippen LogP contribution in [-0.4, -0.2) is 0 Å². The summed E-state index contributed by atoms with van der Waals surface area (Å²) in [5.41, 5.74) is 1.14. The maximum atomic E-state index is 3.30. The molecule has 0 amide bonds. The van der Waals surface area contributed by atoms with Crippen LogP contribution in [0.1, 0.15) is 10.4 Å². The van der Waals surface area contributed by atoms with Gasteiger partial charge in [-0.15, -0.1) is 11.3 Å². The fourth-order valence-corrected chi connectivity index (χ4v) is 1.65. The van der Waals surface area contributed by atoms with Crippen LogP contribution in [0.4, 0.5) is 0 Å². The van der Waals surface area contributed by atoms with Crippen LogP contribution in [0.25, 0.3) is 0 Å². The minimum absolute atomic E-state index is 1.14. The van der Waals surface area contributed by atoms with E-state index in [0.717, 1.165) is 5.56 Å². The zero-order chi connectivity index (χ0) is 8.23. The molecule has 0 aliphatic carbocycles. The molecule has 1 aromatic carbocycles. The monoisotopic (exact) mass is 172 g/mol. The van der Waals surface area contributed by atoms with Crippen molar-refractivity contribution in [1.29, 1.82) is 0 Å². The van der Waals surface area contributed by atoms with E-state index < -0.39 is 0 Å². The Labute approximate surface area is 76.5 Å². The highest BCUT2D eigenvalue weighted by Gasteiger charge is 1.95. The van der Waals surface area contributed by atoms with Gasteiger partial charge in [-0.1, -0.05) is 36.4 Å². The number of hydrogen-bond donors (Lipinski definition) is 0. The van der Waals surface area contributed by atoms with E-state index in [1.165, 1.54) is 4.88 Å². The summed E-state index contributed by atoms with van der Waals surface area (Å²) in [7, 11) is 0. The van der Waals surface area contributed by atoms with Crippen LogP contribution in [0.15, 0.2) is 47.8 Å². The average Bonchev–Trinajstić information content (AvgIpc) is 2.59. The van der Waals surface area contributed by atoms with Gasteiger partial charge in [0.2, 0.25) is 0 Å². The van der Waals surface area contributed by atoms with E-state index in [9.17, 15) is 0 Å². The van der Waals surface area contributed by atoms with Gasteiger partial charge in [0.15, 0.2) is 0 Å². The van der Waals surface area contributed by atoms with Crippen molar-refractivity contribution in [2.45, 2.75) is 0 Å². The van der Waals surface area contributed by atoms with Gasteiger partial charge in [0, 0.05) is 4.88 Å². The summed E-state index contributed by atoms with van der Waals surface area (Å²) in [4.78, 5) is 1.18. The normalized spacial score (nSPS) is 10.0. The molecule has 1 aromatic heterocycles. The standard InChI is InChI=1S/C11H8S/c1-2-5-10(6-3-1)9-11-7-4-8-12-11/h1-8H. The number of rotatable bonds is 2. The largest absolute Gasteiger partial charge is 0.148 e. The van der Waals surface area contributed by atoms with E-state index in [4.69, 9.17) is 0 Å². The van der Waals surface area contributed by atoms with Crippen molar-refractivity contribution in [2.24, 2.45) is 0 Å². The summed E-state index contributed by atoms with van der Waals surface area (Å²) in [5, 5.41) is 2.06. The maximum Gasteiger partial charge on any atom is 0.0611 e. The number of benzene rings is 1. The third-order valence-electron chi connectivity index (χ3n) is 1.56. The smallest absolute Gasteiger partial charge is 0.0611 e. The fourth-order valence-electron chi connectivity index (χ4n) is 1.01. The number of thiophene rings is 1. The van der Waals surface area contributed by atoms with Crippen molar-refractivity contribution in [3.63, 3.8) is 0 Å². The first-order valence-corrected chi connectivity index (χ1v) is 4.69. The van der Waals surface area contributed by atoms with Crippen LogP contribution in [0, 0.1) is 6.42 Å². The highest BCUT2D eigenvalue weighted by molar-refractivity contribution is 7.10. The molecule has 2 radical (unpaired) electrons. The zero-order valence-electron chi connectivity index (χ0n) is 6.53. The third kappa shape index (κ3) is 1.74. The molecular weight excluding hydrogens is 164 g/mol. The molecule has 0 aliphatic rings. The van der Waals surface area contributed by atoms with Crippen LogP contribution in [0.2, 0.25) is 0 Å². The Hall–Kier alpha value is -1.08. The Morgan fingerprint density at radius 3 is 2.42 bits per heavy atom. The SMILES string of the molecule is [C](c1ccccc1)c1cccs1. The zero-order valence-corrected chi connectivity index (χ0v) is 7.34. The van der Waals surface area contributed by atoms with E-state index in [2.05, 4.69) is 30.0 Å². The van der Waals surface area contributed by atoms with Crippen molar-refractivity contribution < 1.29 is 0 Å². The Morgan fingerprint density at radius 1 is 0.917 bits per heavy atom. The molecule has 0 aliphatic heterocycles. The Bertz CT molecular complexity index is 321. The molecule has 1 heterocycles. The molecule has 2 aromatic rings. The van der Waals surface area contributed by atoms with Crippen LogP contribution in [-0.2, 0) is 0 Å². The highest BCUT2D eigenvalue weighted by Crippen LogP contribution is 2.15. The molecular formula is C11H8S. The van der Waals surface area contributed by atoms with Gasteiger partial charge in [0.1, 0.15) is 0 Å². The number of hydrogen-bond acceptors (Lipinski definition) is 1. The lowest BCUT2D eigenvalue weighted by Crippen LogP contribution is -1.78. The van der Waals surface area contributed by atoms with Crippen LogP contribution in [0.5, 0.6) is 0 Å². The van der Waals surface area contributed by atoms with E-state index in [0.29, 0.717) is 0 Å². The second-order valence-electron chi connectivity index (χ2n) is 2.47. The van der Waals surface area contributed by atoms with E-state index in [1.807, 2.05) is 24.3 Å². The van der Waals surface area contributed by atoms with Gasteiger partial charge >= 0.3 is 0 Å². The van der Waals surface area contributed by atoms with E-state index in [1.54, 1.807) is 11.3 Å². The second kappa shape index (κ2) is 3.55. The topological polar surface area (TPSA) is 0 Å². The Balaban J connectivity index is 2.15. The second-order valence-corrected chi connectivity index (χ2v) is 3.42. The van der Waals surface area contributed by atoms with E-state index in [-0.39, 0.29) is 0 Å². The summed E-state index contributed by atoms with van der Waals surface area (Å²) < 4.78 is 0. The lowest BCUT2D eigenvalue weighted by atomic mass is 10.1. The molecule has 0 nitrogen and oxygen atoms in total. The molecule has 0 N–H and O–H groups in total. The quantitative estimate of drug-likeness (QED) is 0.652. The first kappa shape index (κ1) is 7.56. The summed E-state index contributed by atoms with van der Waals surface area (Å²) >= 11 is 1.71. The van der Waals surface area contributed by atoms with Gasteiger partial charge in [-0.05, 0) is 17.0 Å². The Morgan fingerprint density at radius 2 is 1.75 bits per heavy atom. The predicted molar refractivity (Wildman–Crippen MR) is 52.2 cm³/mol. The van der Waals surface area contributed by atoms with Gasteiger partial charge in [-0.25, -0.2) is 0 Å². The molecule has 1 heteroatoms. The van der Waals surface area contributed by atoms with Gasteiger partial charge in [0.25, 0.3) is 0 Å². The summed E-state index contributed by atoms with van der Waals surface area (Å²) in [5.74, 6) is 0. The summed E-state index contributed by atoms with van der Waals surface area (Å²) in [6, 6.07) is 14.3. The van der Waals surface area contributed by atoms with Crippen molar-refractivity contribution in [3.8, 4) is 0 Å². The van der Waals surface area contributed by atoms with Crippen LogP contribution < -0.4 is 0 Å². The van der Waals surface area contributed by atoms with Crippen LogP contribution in [0.3, 0.4) is 0 Å². The van der Waals surface area contributed by atoms with Crippen molar-refractivity contribution in [1.82, 2.24) is 0 Å². The molecule has 0 saturated carbocycles. The van der Waals surface area contributed by atoms with Gasteiger partial charge in [-0.3, -0.25) is 0 Å². The Kier molecular flexibility index (Phi) is 2.23. The fraction of sp³-hybridized carbons (Fsp3) is 0. The summed E-state index contributed by atoms with van der Waals surface area (Å²) in [6.45, 7) is 0. The maximum absolute atomic E-state index is 3.30. The molecule has 12 heavy (non-hydrogen) atoms. The van der Waals surface area contributed by atoms with Crippen molar-refractivity contribution in [3.05, 3.63) is 64.7 Å². The van der Waals surface area contributed by atoms with Gasteiger partial charge in [0.05, 0.1) is 6.42 Å². The molecule has 0 fully saturated rings. The first-order valence-electron chi connectivity index (χ1n) is 3.81. The van der Waals surface area contributed by atoms with Crippen molar-refractivity contribution >= 4 is 11.3 Å². The summed E-state index contributed by atoms with van der Waals surface area (Å²) in [6.07, 6.45) is 3.30. The molecule has 0 saturated heterocycles. The minimum Gasteiger partial charge on any atom is -0.148 e. The molecule has 2 rings (SSSR count). The first-order chi connectivity index (χ1) is 5.95. The molecule has 0 bridgehead atoms. The third-order valence-corrected chi connectivity index (χ3v) is 2.35. The van der Waals surface area contributed by atoms with Gasteiger partial charge < -0.3 is 0 Å². The molecule has 0 unspecified atom stereocenters. The van der Waals surface area contributed by atoms with E-state index >= 15 is 0 Å².